The lowest BCUT2D eigenvalue weighted by molar-refractivity contribution is 0.304. The van der Waals surface area contributed by atoms with Crippen molar-refractivity contribution >= 4 is 11.4 Å². The molecule has 0 aliphatic carbocycles. The van der Waals surface area contributed by atoms with Crippen LogP contribution in [0.1, 0.15) is 90.0 Å². The second-order valence-corrected chi connectivity index (χ2v) is 8.14. The zero-order valence-electron chi connectivity index (χ0n) is 19.1. The van der Waals surface area contributed by atoms with Crippen LogP contribution in [0.25, 0.3) is 0 Å². The fourth-order valence-electron chi connectivity index (χ4n) is 3.46. The highest BCUT2D eigenvalue weighted by atomic mass is 16.5. The van der Waals surface area contributed by atoms with Crippen molar-refractivity contribution in [2.75, 3.05) is 6.61 Å². The summed E-state index contributed by atoms with van der Waals surface area (Å²) in [6.07, 6.45) is 15.5. The summed E-state index contributed by atoms with van der Waals surface area (Å²) in [4.78, 5) is 0. The Kier molecular flexibility index (Phi) is 12.6. The largest absolute Gasteiger partial charge is 0.494 e. The van der Waals surface area contributed by atoms with Gasteiger partial charge in [-0.05, 0) is 61.2 Å². The monoisotopic (exact) mass is 408 g/mol. The fourth-order valence-corrected chi connectivity index (χ4v) is 3.46. The van der Waals surface area contributed by atoms with Crippen molar-refractivity contribution in [1.29, 1.82) is 0 Å². The Morgan fingerprint density at radius 1 is 0.567 bits per heavy atom. The van der Waals surface area contributed by atoms with Gasteiger partial charge in [0.2, 0.25) is 0 Å². The van der Waals surface area contributed by atoms with E-state index >= 15 is 0 Å². The Morgan fingerprint density at radius 3 is 1.67 bits per heavy atom. The molecule has 0 unspecified atom stereocenters. The van der Waals surface area contributed by atoms with Crippen molar-refractivity contribution in [3.8, 4) is 5.75 Å². The summed E-state index contributed by atoms with van der Waals surface area (Å²) in [5.74, 6) is 0.910. The number of azo groups is 1. The minimum absolute atomic E-state index is 0.791. The van der Waals surface area contributed by atoms with Crippen molar-refractivity contribution in [3.63, 3.8) is 0 Å². The molecular formula is C27H40N2O. The lowest BCUT2D eigenvalue weighted by Crippen LogP contribution is -1.96. The van der Waals surface area contributed by atoms with Gasteiger partial charge >= 0.3 is 0 Å². The Hall–Kier alpha value is -2.16. The second-order valence-electron chi connectivity index (χ2n) is 8.14. The number of hydrogen-bond acceptors (Lipinski definition) is 3. The predicted molar refractivity (Wildman–Crippen MR) is 128 cm³/mol. The summed E-state index contributed by atoms with van der Waals surface area (Å²) in [6, 6.07) is 16.3. The van der Waals surface area contributed by atoms with Gasteiger partial charge < -0.3 is 4.74 Å². The van der Waals surface area contributed by atoms with E-state index in [0.717, 1.165) is 36.6 Å². The Labute approximate surface area is 184 Å². The van der Waals surface area contributed by atoms with E-state index in [1.54, 1.807) is 0 Å². The molecule has 0 heterocycles. The van der Waals surface area contributed by atoms with Crippen LogP contribution in [0.4, 0.5) is 11.4 Å². The number of aryl methyl sites for hydroxylation is 1. The summed E-state index contributed by atoms with van der Waals surface area (Å²) in [5, 5.41) is 8.71. The number of ether oxygens (including phenoxy) is 1. The first kappa shape index (κ1) is 24.1. The van der Waals surface area contributed by atoms with Gasteiger partial charge in [0, 0.05) is 0 Å². The number of unbranched alkanes of at least 4 members (excludes halogenated alkanes) is 9. The molecule has 0 aliphatic heterocycles. The molecule has 3 heteroatoms. The highest BCUT2D eigenvalue weighted by Crippen LogP contribution is 2.22. The molecule has 164 valence electrons. The van der Waals surface area contributed by atoms with E-state index in [9.17, 15) is 0 Å². The van der Waals surface area contributed by atoms with E-state index in [1.165, 1.54) is 69.8 Å². The van der Waals surface area contributed by atoms with Crippen LogP contribution in [-0.2, 0) is 6.42 Å². The minimum atomic E-state index is 0.791. The Balaban J connectivity index is 1.66. The molecule has 0 atom stereocenters. The van der Waals surface area contributed by atoms with E-state index in [4.69, 9.17) is 4.74 Å². The van der Waals surface area contributed by atoms with Crippen molar-refractivity contribution in [2.45, 2.75) is 90.9 Å². The molecule has 2 aromatic rings. The van der Waals surface area contributed by atoms with Crippen molar-refractivity contribution in [3.05, 3.63) is 54.1 Å². The lowest BCUT2D eigenvalue weighted by atomic mass is 10.1. The minimum Gasteiger partial charge on any atom is -0.494 e. The average molecular weight is 409 g/mol. The molecule has 0 bridgehead atoms. The molecule has 0 N–H and O–H groups in total. The van der Waals surface area contributed by atoms with Gasteiger partial charge in [-0.2, -0.15) is 10.2 Å². The summed E-state index contributed by atoms with van der Waals surface area (Å²) in [6.45, 7) is 5.30. The molecule has 0 fully saturated rings. The topological polar surface area (TPSA) is 34.0 Å². The van der Waals surface area contributed by atoms with Gasteiger partial charge in [0.25, 0.3) is 0 Å². The second kappa shape index (κ2) is 15.6. The SMILES string of the molecule is CCCCCCCCCOc1ccc(N=Nc2ccc(CCCCCC)cc2)cc1. The molecular weight excluding hydrogens is 368 g/mol. The summed E-state index contributed by atoms with van der Waals surface area (Å²) < 4.78 is 5.84. The fraction of sp³-hybridized carbons (Fsp3) is 0.556. The predicted octanol–water partition coefficient (Wildman–Crippen LogP) is 9.35. The molecule has 0 spiro atoms. The molecule has 0 amide bonds. The molecule has 2 aromatic carbocycles. The lowest BCUT2D eigenvalue weighted by Gasteiger charge is -2.06. The zero-order chi connectivity index (χ0) is 21.3. The van der Waals surface area contributed by atoms with Gasteiger partial charge in [-0.25, -0.2) is 0 Å². The Morgan fingerprint density at radius 2 is 1.07 bits per heavy atom. The Bertz CT molecular complexity index is 692. The van der Waals surface area contributed by atoms with Crippen LogP contribution in [0.2, 0.25) is 0 Å². The molecule has 0 radical (unpaired) electrons. The smallest absolute Gasteiger partial charge is 0.119 e. The van der Waals surface area contributed by atoms with Crippen molar-refractivity contribution in [1.82, 2.24) is 0 Å². The third-order valence-corrected chi connectivity index (χ3v) is 5.39. The average Bonchev–Trinajstić information content (AvgIpc) is 2.79. The third-order valence-electron chi connectivity index (χ3n) is 5.39. The highest BCUT2D eigenvalue weighted by molar-refractivity contribution is 5.43. The molecule has 3 nitrogen and oxygen atoms in total. The first-order valence-electron chi connectivity index (χ1n) is 12.1. The van der Waals surface area contributed by atoms with E-state index in [2.05, 4.69) is 48.3 Å². The molecule has 0 aromatic heterocycles. The van der Waals surface area contributed by atoms with Crippen LogP contribution in [0.5, 0.6) is 5.75 Å². The number of nitrogens with zero attached hydrogens (tertiary/aromatic N) is 2. The summed E-state index contributed by atoms with van der Waals surface area (Å²) >= 11 is 0. The highest BCUT2D eigenvalue weighted by Gasteiger charge is 1.98. The van der Waals surface area contributed by atoms with Crippen LogP contribution in [0, 0.1) is 0 Å². The van der Waals surface area contributed by atoms with Crippen molar-refractivity contribution < 1.29 is 4.74 Å². The van der Waals surface area contributed by atoms with E-state index in [1.807, 2.05) is 24.3 Å². The third kappa shape index (κ3) is 10.6. The van der Waals surface area contributed by atoms with Gasteiger partial charge in [0.05, 0.1) is 18.0 Å². The van der Waals surface area contributed by atoms with E-state index in [0.29, 0.717) is 0 Å². The maximum Gasteiger partial charge on any atom is 0.119 e. The maximum absolute atomic E-state index is 5.84. The van der Waals surface area contributed by atoms with Crippen LogP contribution in [0.3, 0.4) is 0 Å². The maximum atomic E-state index is 5.84. The van der Waals surface area contributed by atoms with Crippen LogP contribution >= 0.6 is 0 Å². The molecule has 2 rings (SSSR count). The zero-order valence-corrected chi connectivity index (χ0v) is 19.1. The summed E-state index contributed by atoms with van der Waals surface area (Å²) in [7, 11) is 0. The standard InChI is InChI=1S/C27H40N2O/c1-3-5-7-9-10-11-13-23-30-27-21-19-26(20-22-27)29-28-25-17-15-24(16-18-25)14-12-8-6-4-2/h15-22H,3-14,23H2,1-2H3. The summed E-state index contributed by atoms with van der Waals surface area (Å²) in [5.41, 5.74) is 3.13. The number of hydrogen-bond donors (Lipinski definition) is 0. The molecule has 0 saturated heterocycles. The number of rotatable bonds is 16. The van der Waals surface area contributed by atoms with E-state index in [-0.39, 0.29) is 0 Å². The van der Waals surface area contributed by atoms with E-state index < -0.39 is 0 Å². The van der Waals surface area contributed by atoms with Crippen LogP contribution in [0.15, 0.2) is 58.8 Å². The van der Waals surface area contributed by atoms with Crippen molar-refractivity contribution in [2.24, 2.45) is 10.2 Å². The van der Waals surface area contributed by atoms with Gasteiger partial charge in [-0.15, -0.1) is 0 Å². The first-order valence-corrected chi connectivity index (χ1v) is 12.1. The van der Waals surface area contributed by atoms with Crippen LogP contribution in [-0.4, -0.2) is 6.61 Å². The van der Waals surface area contributed by atoms with Crippen LogP contribution < -0.4 is 4.74 Å². The van der Waals surface area contributed by atoms with Gasteiger partial charge in [-0.1, -0.05) is 83.8 Å². The quantitative estimate of drug-likeness (QED) is 0.201. The molecule has 0 saturated carbocycles. The molecule has 0 aliphatic rings. The van der Waals surface area contributed by atoms with Gasteiger partial charge in [0.1, 0.15) is 5.75 Å². The number of benzene rings is 2. The van der Waals surface area contributed by atoms with Gasteiger partial charge in [0.15, 0.2) is 0 Å². The molecule has 30 heavy (non-hydrogen) atoms. The van der Waals surface area contributed by atoms with Gasteiger partial charge in [-0.3, -0.25) is 0 Å². The first-order chi connectivity index (χ1) is 14.8. The normalized spacial score (nSPS) is 11.3.